The van der Waals surface area contributed by atoms with Crippen LogP contribution >= 0.6 is 11.6 Å². The molecule has 0 fully saturated rings. The second kappa shape index (κ2) is 5.59. The van der Waals surface area contributed by atoms with E-state index in [1.165, 1.54) is 18.2 Å². The van der Waals surface area contributed by atoms with Crippen LogP contribution in [-0.2, 0) is 6.61 Å². The number of para-hydroxylation sites is 1. The largest absolute Gasteiger partial charge is 0.485 e. The molecule has 0 amide bonds. The number of nitrogens with zero attached hydrogens (tertiary/aromatic N) is 1. The molecule has 2 aromatic carbocycles. The van der Waals surface area contributed by atoms with Crippen LogP contribution in [0.4, 0.5) is 10.1 Å². The first-order valence-corrected chi connectivity index (χ1v) is 5.85. The predicted octanol–water partition coefficient (Wildman–Crippen LogP) is 3.51. The fraction of sp³-hybridized carbons (Fsp3) is 0.0714. The summed E-state index contributed by atoms with van der Waals surface area (Å²) in [5, 5.41) is 9.13. The molecule has 19 heavy (non-hydrogen) atoms. The Kier molecular flexibility index (Phi) is 3.88. The molecule has 0 saturated carbocycles. The molecule has 0 saturated heterocycles. The lowest BCUT2D eigenvalue weighted by Gasteiger charge is -2.11. The van der Waals surface area contributed by atoms with E-state index in [0.29, 0.717) is 22.0 Å². The Morgan fingerprint density at radius 1 is 1.32 bits per heavy atom. The van der Waals surface area contributed by atoms with E-state index in [0.717, 1.165) is 0 Å². The summed E-state index contributed by atoms with van der Waals surface area (Å²) in [5.74, 6) is -0.129. The van der Waals surface area contributed by atoms with Crippen molar-refractivity contribution in [1.29, 1.82) is 5.26 Å². The number of nitriles is 1. The van der Waals surface area contributed by atoms with Gasteiger partial charge in [-0.05, 0) is 30.3 Å². The molecule has 0 aromatic heterocycles. The van der Waals surface area contributed by atoms with Gasteiger partial charge in [0.05, 0.1) is 22.3 Å². The Morgan fingerprint density at radius 3 is 2.79 bits per heavy atom. The highest BCUT2D eigenvalue weighted by Gasteiger charge is 2.09. The lowest BCUT2D eigenvalue weighted by molar-refractivity contribution is 0.301. The summed E-state index contributed by atoms with van der Waals surface area (Å²) in [5.41, 5.74) is 6.75. The van der Waals surface area contributed by atoms with Crippen LogP contribution in [0.15, 0.2) is 36.4 Å². The lowest BCUT2D eigenvalue weighted by atomic mass is 10.1. The van der Waals surface area contributed by atoms with Crippen LogP contribution < -0.4 is 10.5 Å². The molecule has 0 bridgehead atoms. The van der Waals surface area contributed by atoms with Gasteiger partial charge in [-0.3, -0.25) is 0 Å². The van der Waals surface area contributed by atoms with Gasteiger partial charge in [-0.1, -0.05) is 17.7 Å². The molecule has 0 aliphatic rings. The first kappa shape index (κ1) is 13.2. The molecule has 0 aliphatic heterocycles. The van der Waals surface area contributed by atoms with E-state index in [4.69, 9.17) is 27.3 Å². The Hall–Kier alpha value is -2.25. The zero-order chi connectivity index (χ0) is 13.8. The minimum absolute atomic E-state index is 0.0463. The highest BCUT2D eigenvalue weighted by Crippen LogP contribution is 2.31. The van der Waals surface area contributed by atoms with Gasteiger partial charge in [0, 0.05) is 5.56 Å². The molecule has 2 rings (SSSR count). The van der Waals surface area contributed by atoms with Crippen molar-refractivity contribution in [2.75, 3.05) is 5.73 Å². The Labute approximate surface area is 115 Å². The zero-order valence-corrected chi connectivity index (χ0v) is 10.6. The number of benzene rings is 2. The van der Waals surface area contributed by atoms with Crippen molar-refractivity contribution in [3.05, 3.63) is 58.4 Å². The average Bonchev–Trinajstić information content (AvgIpc) is 2.40. The fourth-order valence-electron chi connectivity index (χ4n) is 1.58. The molecule has 3 nitrogen and oxygen atoms in total. The van der Waals surface area contributed by atoms with Crippen molar-refractivity contribution in [3.63, 3.8) is 0 Å². The fourth-order valence-corrected chi connectivity index (χ4v) is 1.82. The van der Waals surface area contributed by atoms with Gasteiger partial charge in [-0.15, -0.1) is 0 Å². The second-order valence-electron chi connectivity index (χ2n) is 3.86. The number of rotatable bonds is 3. The van der Waals surface area contributed by atoms with Gasteiger partial charge in [-0.25, -0.2) is 4.39 Å². The summed E-state index contributed by atoms with van der Waals surface area (Å²) < 4.78 is 19.0. The summed E-state index contributed by atoms with van der Waals surface area (Å²) in [7, 11) is 0. The van der Waals surface area contributed by atoms with Gasteiger partial charge in [-0.2, -0.15) is 5.26 Å². The topological polar surface area (TPSA) is 59.0 Å². The van der Waals surface area contributed by atoms with E-state index in [-0.39, 0.29) is 12.2 Å². The molecule has 2 N–H and O–H groups in total. The second-order valence-corrected chi connectivity index (χ2v) is 4.27. The number of anilines is 1. The third-order valence-electron chi connectivity index (χ3n) is 2.54. The maximum absolute atomic E-state index is 13.6. The molecular formula is C14H10ClFN2O. The van der Waals surface area contributed by atoms with Crippen molar-refractivity contribution in [3.8, 4) is 11.8 Å². The van der Waals surface area contributed by atoms with Crippen LogP contribution in [0.5, 0.6) is 5.75 Å². The summed E-state index contributed by atoms with van der Waals surface area (Å²) >= 11 is 5.94. The lowest BCUT2D eigenvalue weighted by Crippen LogP contribution is -2.02. The van der Waals surface area contributed by atoms with Crippen molar-refractivity contribution >= 4 is 17.3 Å². The molecule has 2 aromatic rings. The molecule has 0 unspecified atom stereocenters. The number of hydrogen-bond acceptors (Lipinski definition) is 3. The van der Waals surface area contributed by atoms with E-state index in [1.54, 1.807) is 18.2 Å². The molecular weight excluding hydrogens is 267 g/mol. The highest BCUT2D eigenvalue weighted by molar-refractivity contribution is 6.32. The van der Waals surface area contributed by atoms with Gasteiger partial charge in [0.1, 0.15) is 12.4 Å². The molecule has 5 heteroatoms. The minimum atomic E-state index is -0.440. The number of halogens is 2. The van der Waals surface area contributed by atoms with Gasteiger partial charge < -0.3 is 10.5 Å². The number of nitrogens with two attached hydrogens (primary N) is 1. The first-order valence-electron chi connectivity index (χ1n) is 5.47. The summed E-state index contributed by atoms with van der Waals surface area (Å²) in [4.78, 5) is 0. The number of ether oxygens (including phenoxy) is 1. The minimum Gasteiger partial charge on any atom is -0.485 e. The van der Waals surface area contributed by atoms with Crippen molar-refractivity contribution in [1.82, 2.24) is 0 Å². The monoisotopic (exact) mass is 276 g/mol. The SMILES string of the molecule is N#Cc1ccc(F)c(COc2c(N)cccc2Cl)c1. The summed E-state index contributed by atoms with van der Waals surface area (Å²) in [6.45, 7) is -0.0463. The van der Waals surface area contributed by atoms with Gasteiger partial charge in [0.25, 0.3) is 0 Å². The van der Waals surface area contributed by atoms with Crippen molar-refractivity contribution in [2.45, 2.75) is 6.61 Å². The van der Waals surface area contributed by atoms with E-state index >= 15 is 0 Å². The summed E-state index contributed by atoms with van der Waals surface area (Å²) in [6.07, 6.45) is 0. The maximum Gasteiger partial charge on any atom is 0.161 e. The molecule has 0 aliphatic carbocycles. The maximum atomic E-state index is 13.6. The van der Waals surface area contributed by atoms with Crippen LogP contribution in [0, 0.1) is 17.1 Å². The number of nitrogen functional groups attached to an aromatic ring is 1. The standard InChI is InChI=1S/C14H10ClFN2O/c15-11-2-1-3-13(18)14(11)19-8-10-6-9(7-17)4-5-12(10)16/h1-6H,8,18H2. The normalized spacial score (nSPS) is 9.95. The Morgan fingerprint density at radius 2 is 2.11 bits per heavy atom. The molecule has 0 spiro atoms. The first-order chi connectivity index (χ1) is 9.11. The third-order valence-corrected chi connectivity index (χ3v) is 2.84. The molecule has 96 valence electrons. The van der Waals surface area contributed by atoms with Gasteiger partial charge in [0.2, 0.25) is 0 Å². The van der Waals surface area contributed by atoms with E-state index in [2.05, 4.69) is 0 Å². The van der Waals surface area contributed by atoms with Crippen LogP contribution in [0.25, 0.3) is 0 Å². The van der Waals surface area contributed by atoms with E-state index < -0.39 is 5.82 Å². The van der Waals surface area contributed by atoms with E-state index in [9.17, 15) is 4.39 Å². The van der Waals surface area contributed by atoms with Crippen LogP contribution in [-0.4, -0.2) is 0 Å². The highest BCUT2D eigenvalue weighted by atomic mass is 35.5. The third kappa shape index (κ3) is 2.95. The Bertz CT molecular complexity index is 632. The van der Waals surface area contributed by atoms with Crippen molar-refractivity contribution < 1.29 is 9.13 Å². The molecule has 0 heterocycles. The van der Waals surface area contributed by atoms with E-state index in [1.807, 2.05) is 6.07 Å². The van der Waals surface area contributed by atoms with Crippen LogP contribution in [0.1, 0.15) is 11.1 Å². The average molecular weight is 277 g/mol. The molecule has 0 atom stereocenters. The smallest absolute Gasteiger partial charge is 0.161 e. The quantitative estimate of drug-likeness (QED) is 0.873. The van der Waals surface area contributed by atoms with Gasteiger partial charge in [0.15, 0.2) is 5.75 Å². The van der Waals surface area contributed by atoms with Crippen molar-refractivity contribution in [2.24, 2.45) is 0 Å². The predicted molar refractivity (Wildman–Crippen MR) is 71.3 cm³/mol. The summed E-state index contributed by atoms with van der Waals surface area (Å²) in [6, 6.07) is 11.0. The number of hydrogen-bond donors (Lipinski definition) is 1. The van der Waals surface area contributed by atoms with Crippen LogP contribution in [0.3, 0.4) is 0 Å². The zero-order valence-electron chi connectivity index (χ0n) is 9.86. The van der Waals surface area contributed by atoms with Gasteiger partial charge >= 0.3 is 0 Å². The molecule has 0 radical (unpaired) electrons. The van der Waals surface area contributed by atoms with Crippen LogP contribution in [0.2, 0.25) is 5.02 Å². The Balaban J connectivity index is 2.22.